The van der Waals surface area contributed by atoms with Crippen molar-refractivity contribution in [1.29, 1.82) is 0 Å². The molecule has 3 aromatic rings. The first-order valence-electron chi connectivity index (χ1n) is 13.8. The smallest absolute Gasteiger partial charge is 0.422 e. The van der Waals surface area contributed by atoms with Crippen LogP contribution in [-0.4, -0.2) is 71.3 Å². The predicted molar refractivity (Wildman–Crippen MR) is 161 cm³/mol. The number of halogens is 6. The van der Waals surface area contributed by atoms with Crippen LogP contribution in [0, 0.1) is 11.8 Å². The third kappa shape index (κ3) is 9.18. The number of alkyl halides is 6. The van der Waals surface area contributed by atoms with Crippen molar-refractivity contribution in [2.45, 2.75) is 61.4 Å². The Kier molecular flexibility index (Phi) is 10.3. The molecular weight excluding hydrogens is 628 g/mol. The van der Waals surface area contributed by atoms with E-state index in [1.807, 2.05) is 6.07 Å². The Bertz CT molecular complexity index is 1630. The van der Waals surface area contributed by atoms with Gasteiger partial charge in [-0.05, 0) is 68.9 Å². The number of benzene rings is 2. The Balaban J connectivity index is 1.58. The second kappa shape index (κ2) is 13.5. The average Bonchev–Trinajstić information content (AvgIpc) is 3.26. The predicted octanol–water partition coefficient (Wildman–Crippen LogP) is 7.10. The lowest BCUT2D eigenvalue weighted by Crippen LogP contribution is -2.36. The normalized spacial score (nSPS) is 17.8. The molecule has 0 unspecified atom stereocenters. The molecule has 2 aromatic carbocycles. The Labute approximate surface area is 256 Å². The standard InChI is InChI=1S/C30H33F6N3O3S2/c1-39(2)20-11-9-19(10-12-20)38-25-7-4-6-22-23(17-29(31,32)33)27(43-28(22)25)8-5-15-37-24-14-13-21(44(3,40)41)16-26(24)42-18-30(34,35)36/h4,6-7,13-14,16,19-20,37-38H,9-12,15,17-18H2,1-3H3. The molecule has 0 saturated heterocycles. The fraction of sp³-hybridized carbons (Fsp3) is 0.467. The third-order valence-electron chi connectivity index (χ3n) is 7.32. The van der Waals surface area contributed by atoms with Crippen molar-refractivity contribution in [3.63, 3.8) is 0 Å². The van der Waals surface area contributed by atoms with Crippen molar-refractivity contribution in [3.8, 4) is 17.6 Å². The first-order valence-corrected chi connectivity index (χ1v) is 16.5. The first-order chi connectivity index (χ1) is 20.5. The summed E-state index contributed by atoms with van der Waals surface area (Å²) in [7, 11) is 0.388. The SMILES string of the molecule is CN(C)C1CCC(Nc2cccc3c(CC(F)(F)F)c(C#CCNc4ccc(S(C)(=O)=O)cc4OCC(F)(F)F)sc23)CC1. The summed E-state index contributed by atoms with van der Waals surface area (Å²) < 4.78 is 108. The van der Waals surface area contributed by atoms with Crippen LogP contribution in [-0.2, 0) is 16.3 Å². The van der Waals surface area contributed by atoms with Crippen LogP contribution in [0.2, 0.25) is 0 Å². The molecule has 0 atom stereocenters. The van der Waals surface area contributed by atoms with Gasteiger partial charge in [0.15, 0.2) is 16.4 Å². The summed E-state index contributed by atoms with van der Waals surface area (Å²) in [6.07, 6.45) is -5.45. The van der Waals surface area contributed by atoms with Gasteiger partial charge < -0.3 is 20.3 Å². The van der Waals surface area contributed by atoms with Gasteiger partial charge in [-0.2, -0.15) is 26.3 Å². The number of nitrogens with zero attached hydrogens (tertiary/aromatic N) is 1. The van der Waals surface area contributed by atoms with E-state index < -0.39 is 35.2 Å². The number of rotatable bonds is 9. The topological polar surface area (TPSA) is 70.7 Å². The third-order valence-corrected chi connectivity index (χ3v) is 9.63. The molecule has 240 valence electrons. The molecule has 4 rings (SSSR count). The van der Waals surface area contributed by atoms with Crippen molar-refractivity contribution in [3.05, 3.63) is 46.8 Å². The highest BCUT2D eigenvalue weighted by Gasteiger charge is 2.32. The van der Waals surface area contributed by atoms with Gasteiger partial charge in [-0.15, -0.1) is 11.3 Å². The highest BCUT2D eigenvalue weighted by molar-refractivity contribution is 7.90. The Hall–Kier alpha value is -3.15. The summed E-state index contributed by atoms with van der Waals surface area (Å²) >= 11 is 1.16. The lowest BCUT2D eigenvalue weighted by molar-refractivity contribution is -0.153. The summed E-state index contributed by atoms with van der Waals surface area (Å²) in [4.78, 5) is 2.22. The first kappa shape index (κ1) is 33.7. The van der Waals surface area contributed by atoms with Gasteiger partial charge in [0.25, 0.3) is 0 Å². The van der Waals surface area contributed by atoms with E-state index in [4.69, 9.17) is 4.74 Å². The monoisotopic (exact) mass is 661 g/mol. The lowest BCUT2D eigenvalue weighted by atomic mass is 9.90. The summed E-state index contributed by atoms with van der Waals surface area (Å²) in [6, 6.07) is 9.38. The largest absolute Gasteiger partial charge is 0.482 e. The quantitative estimate of drug-likeness (QED) is 0.189. The van der Waals surface area contributed by atoms with Gasteiger partial charge in [-0.1, -0.05) is 24.0 Å². The molecule has 0 spiro atoms. The van der Waals surface area contributed by atoms with E-state index in [1.54, 1.807) is 12.1 Å². The molecule has 0 radical (unpaired) electrons. The zero-order valence-electron chi connectivity index (χ0n) is 24.3. The van der Waals surface area contributed by atoms with Crippen LogP contribution in [0.3, 0.4) is 0 Å². The highest BCUT2D eigenvalue weighted by atomic mass is 32.2. The number of nitrogens with one attached hydrogen (secondary N) is 2. The van der Waals surface area contributed by atoms with Crippen LogP contribution in [0.5, 0.6) is 5.75 Å². The van der Waals surface area contributed by atoms with Crippen LogP contribution in [0.1, 0.15) is 36.1 Å². The van der Waals surface area contributed by atoms with Gasteiger partial charge in [0.1, 0.15) is 5.75 Å². The van der Waals surface area contributed by atoms with Gasteiger partial charge >= 0.3 is 12.4 Å². The molecule has 1 aromatic heterocycles. The minimum absolute atomic E-state index is 0.0540. The molecule has 1 saturated carbocycles. The molecule has 14 heteroatoms. The van der Waals surface area contributed by atoms with Crippen LogP contribution in [0.25, 0.3) is 10.1 Å². The van der Waals surface area contributed by atoms with Crippen molar-refractivity contribution >= 4 is 42.6 Å². The van der Waals surface area contributed by atoms with E-state index in [1.165, 1.54) is 12.1 Å². The summed E-state index contributed by atoms with van der Waals surface area (Å²) in [5, 5.41) is 6.78. The zero-order chi connectivity index (χ0) is 32.3. The maximum absolute atomic E-state index is 13.6. The summed E-state index contributed by atoms with van der Waals surface area (Å²) in [5.41, 5.74) is 0.878. The number of ether oxygens (including phenoxy) is 1. The maximum Gasteiger partial charge on any atom is 0.422 e. The molecule has 1 fully saturated rings. The molecule has 0 bridgehead atoms. The van der Waals surface area contributed by atoms with Gasteiger partial charge in [-0.25, -0.2) is 8.42 Å². The summed E-state index contributed by atoms with van der Waals surface area (Å²) in [5.74, 6) is 5.23. The number of hydrogen-bond donors (Lipinski definition) is 2. The van der Waals surface area contributed by atoms with Crippen LogP contribution >= 0.6 is 11.3 Å². The minimum atomic E-state index is -4.66. The van der Waals surface area contributed by atoms with E-state index in [9.17, 15) is 34.8 Å². The fourth-order valence-electron chi connectivity index (χ4n) is 5.14. The number of sulfone groups is 1. The highest BCUT2D eigenvalue weighted by Crippen LogP contribution is 2.40. The molecule has 44 heavy (non-hydrogen) atoms. The second-order valence-corrected chi connectivity index (χ2v) is 14.0. The van der Waals surface area contributed by atoms with Gasteiger partial charge in [0, 0.05) is 24.4 Å². The second-order valence-electron chi connectivity index (χ2n) is 11.0. The van der Waals surface area contributed by atoms with Gasteiger partial charge in [-0.3, -0.25) is 0 Å². The van der Waals surface area contributed by atoms with Crippen molar-refractivity contribution in [2.75, 3.05) is 44.1 Å². The van der Waals surface area contributed by atoms with E-state index in [0.717, 1.165) is 55.0 Å². The Morgan fingerprint density at radius 2 is 1.70 bits per heavy atom. The maximum atomic E-state index is 13.6. The van der Waals surface area contributed by atoms with Gasteiger partial charge in [0.05, 0.1) is 38.8 Å². The Morgan fingerprint density at radius 1 is 1.00 bits per heavy atom. The van der Waals surface area contributed by atoms with E-state index in [0.29, 0.717) is 16.1 Å². The van der Waals surface area contributed by atoms with Gasteiger partial charge in [0.2, 0.25) is 0 Å². The zero-order valence-corrected chi connectivity index (χ0v) is 26.0. The van der Waals surface area contributed by atoms with Crippen molar-refractivity contribution in [1.82, 2.24) is 4.90 Å². The van der Waals surface area contributed by atoms with Crippen LogP contribution in [0.15, 0.2) is 41.3 Å². The average molecular weight is 662 g/mol. The summed E-state index contributed by atoms with van der Waals surface area (Å²) in [6.45, 7) is -1.79. The molecule has 2 N–H and O–H groups in total. The molecule has 1 aliphatic carbocycles. The molecule has 0 amide bonds. The molecule has 0 aliphatic heterocycles. The number of hydrogen-bond acceptors (Lipinski definition) is 7. The van der Waals surface area contributed by atoms with E-state index in [2.05, 4.69) is 41.5 Å². The lowest BCUT2D eigenvalue weighted by Gasteiger charge is -2.33. The van der Waals surface area contributed by atoms with E-state index >= 15 is 0 Å². The van der Waals surface area contributed by atoms with E-state index in [-0.39, 0.29) is 39.4 Å². The van der Waals surface area contributed by atoms with Crippen molar-refractivity contribution in [2.24, 2.45) is 0 Å². The van der Waals surface area contributed by atoms with Crippen molar-refractivity contribution < 1.29 is 39.5 Å². The minimum Gasteiger partial charge on any atom is -0.482 e. The Morgan fingerprint density at radius 3 is 2.32 bits per heavy atom. The molecule has 1 aliphatic rings. The van der Waals surface area contributed by atoms with Crippen LogP contribution < -0.4 is 15.4 Å². The van der Waals surface area contributed by atoms with Crippen LogP contribution in [0.4, 0.5) is 37.7 Å². The number of thiophene rings is 1. The number of fused-ring (bicyclic) bond motifs is 1. The molecule has 6 nitrogen and oxygen atoms in total. The molecular formula is C30H33F6N3O3S2. The molecule has 1 heterocycles. The fourth-order valence-corrected chi connectivity index (χ4v) is 6.95. The number of anilines is 2.